The van der Waals surface area contributed by atoms with Gasteiger partial charge in [0.1, 0.15) is 24.7 Å². The minimum absolute atomic E-state index is 0.219. The van der Waals surface area contributed by atoms with Crippen molar-refractivity contribution in [3.05, 3.63) is 52.5 Å². The van der Waals surface area contributed by atoms with Crippen LogP contribution in [0.25, 0.3) is 0 Å². The summed E-state index contributed by atoms with van der Waals surface area (Å²) in [5.41, 5.74) is 1.17. The Morgan fingerprint density at radius 2 is 1.69 bits per heavy atom. The van der Waals surface area contributed by atoms with Crippen LogP contribution in [0, 0.1) is 0 Å². The van der Waals surface area contributed by atoms with Crippen molar-refractivity contribution in [3.63, 3.8) is 0 Å². The van der Waals surface area contributed by atoms with Gasteiger partial charge in [-0.2, -0.15) is 0 Å². The van der Waals surface area contributed by atoms with E-state index in [0.717, 1.165) is 0 Å². The topological polar surface area (TPSA) is 66.0 Å². The molecule has 140 valence electrons. The summed E-state index contributed by atoms with van der Waals surface area (Å²) in [6.45, 7) is 1.89. The number of amides is 1. The third-order valence-electron chi connectivity index (χ3n) is 3.39. The van der Waals surface area contributed by atoms with E-state index in [4.69, 9.17) is 18.9 Å². The lowest BCUT2D eigenvalue weighted by atomic mass is 10.2. The molecule has 7 heteroatoms. The Bertz CT molecular complexity index is 723. The monoisotopic (exact) mass is 423 g/mol. The Labute approximate surface area is 161 Å². The number of rotatable bonds is 10. The molecule has 0 radical (unpaired) electrons. The van der Waals surface area contributed by atoms with Gasteiger partial charge in [-0.1, -0.05) is 6.07 Å². The van der Waals surface area contributed by atoms with Gasteiger partial charge < -0.3 is 24.3 Å². The van der Waals surface area contributed by atoms with Crippen LogP contribution in [0.15, 0.2) is 46.9 Å². The Morgan fingerprint density at radius 1 is 0.962 bits per heavy atom. The van der Waals surface area contributed by atoms with Crippen LogP contribution in [-0.4, -0.2) is 46.6 Å². The molecule has 0 bridgehead atoms. The smallest absolute Gasteiger partial charge is 0.255 e. The first-order valence-corrected chi connectivity index (χ1v) is 8.87. The molecule has 0 atom stereocenters. The highest BCUT2D eigenvalue weighted by molar-refractivity contribution is 9.10. The van der Waals surface area contributed by atoms with Crippen molar-refractivity contribution in [1.29, 1.82) is 0 Å². The zero-order valence-electron chi connectivity index (χ0n) is 14.8. The summed E-state index contributed by atoms with van der Waals surface area (Å²) in [6, 6.07) is 12.4. The first-order chi connectivity index (χ1) is 12.6. The SMILES string of the molecule is COCCOc1cccc(NC(=O)c2ccc(OCCOC)c(Br)c2)c1. The van der Waals surface area contributed by atoms with Crippen LogP contribution < -0.4 is 14.8 Å². The molecule has 2 aromatic rings. The number of hydrogen-bond acceptors (Lipinski definition) is 5. The number of hydrogen-bond donors (Lipinski definition) is 1. The lowest BCUT2D eigenvalue weighted by Gasteiger charge is -2.11. The first kappa shape index (κ1) is 20.2. The molecule has 0 spiro atoms. The highest BCUT2D eigenvalue weighted by Gasteiger charge is 2.10. The van der Waals surface area contributed by atoms with Crippen molar-refractivity contribution < 1.29 is 23.7 Å². The van der Waals surface area contributed by atoms with Gasteiger partial charge in [0.25, 0.3) is 5.91 Å². The average Bonchev–Trinajstić information content (AvgIpc) is 2.64. The fraction of sp³-hybridized carbons (Fsp3) is 0.316. The third kappa shape index (κ3) is 6.33. The number of halogens is 1. The predicted octanol–water partition coefficient (Wildman–Crippen LogP) is 3.75. The number of methoxy groups -OCH3 is 2. The Morgan fingerprint density at radius 3 is 2.38 bits per heavy atom. The number of anilines is 1. The van der Waals surface area contributed by atoms with Crippen molar-refractivity contribution >= 4 is 27.5 Å². The minimum atomic E-state index is -0.219. The van der Waals surface area contributed by atoms with Crippen LogP contribution in [0.4, 0.5) is 5.69 Å². The minimum Gasteiger partial charge on any atom is -0.491 e. The number of benzene rings is 2. The van der Waals surface area contributed by atoms with Gasteiger partial charge in [-0.15, -0.1) is 0 Å². The fourth-order valence-corrected chi connectivity index (χ4v) is 2.60. The van der Waals surface area contributed by atoms with Gasteiger partial charge in [0.15, 0.2) is 0 Å². The molecule has 1 amide bonds. The highest BCUT2D eigenvalue weighted by atomic mass is 79.9. The van der Waals surface area contributed by atoms with Crippen molar-refractivity contribution in [2.75, 3.05) is 46.0 Å². The molecule has 0 heterocycles. The summed E-state index contributed by atoms with van der Waals surface area (Å²) in [5, 5.41) is 2.86. The van der Waals surface area contributed by atoms with Crippen LogP contribution in [0.3, 0.4) is 0 Å². The number of carbonyl (C=O) groups excluding carboxylic acids is 1. The Kier molecular flexibility index (Phi) is 8.40. The maximum atomic E-state index is 12.5. The van der Waals surface area contributed by atoms with E-state index >= 15 is 0 Å². The van der Waals surface area contributed by atoms with E-state index in [1.807, 2.05) is 12.1 Å². The van der Waals surface area contributed by atoms with E-state index in [1.165, 1.54) is 0 Å². The summed E-state index contributed by atoms with van der Waals surface area (Å²) in [5.74, 6) is 1.11. The molecule has 26 heavy (non-hydrogen) atoms. The van der Waals surface area contributed by atoms with Crippen LogP contribution >= 0.6 is 15.9 Å². The molecule has 2 aromatic carbocycles. The predicted molar refractivity (Wildman–Crippen MR) is 103 cm³/mol. The number of nitrogens with one attached hydrogen (secondary N) is 1. The molecule has 0 fully saturated rings. The lowest BCUT2D eigenvalue weighted by Crippen LogP contribution is -2.12. The second-order valence-electron chi connectivity index (χ2n) is 5.31. The van der Waals surface area contributed by atoms with E-state index in [2.05, 4.69) is 21.2 Å². The van der Waals surface area contributed by atoms with Crippen LogP contribution in [-0.2, 0) is 9.47 Å². The van der Waals surface area contributed by atoms with Gasteiger partial charge in [0.05, 0.1) is 17.7 Å². The van der Waals surface area contributed by atoms with Crippen molar-refractivity contribution in [2.24, 2.45) is 0 Å². The van der Waals surface area contributed by atoms with Gasteiger partial charge in [-0.05, 0) is 46.3 Å². The van der Waals surface area contributed by atoms with Crippen LogP contribution in [0.1, 0.15) is 10.4 Å². The summed E-state index contributed by atoms with van der Waals surface area (Å²) in [4.78, 5) is 12.5. The van der Waals surface area contributed by atoms with E-state index in [9.17, 15) is 4.79 Å². The Balaban J connectivity index is 1.98. The van der Waals surface area contributed by atoms with E-state index in [-0.39, 0.29) is 5.91 Å². The summed E-state index contributed by atoms with van der Waals surface area (Å²) in [7, 11) is 3.23. The van der Waals surface area contributed by atoms with Crippen molar-refractivity contribution in [3.8, 4) is 11.5 Å². The molecule has 0 aliphatic rings. The molecule has 2 rings (SSSR count). The first-order valence-electron chi connectivity index (χ1n) is 8.08. The Hall–Kier alpha value is -2.09. The standard InChI is InChI=1S/C19H22BrNO5/c1-23-8-10-25-16-5-3-4-15(13-16)21-19(22)14-6-7-18(17(20)12-14)26-11-9-24-2/h3-7,12-13H,8-11H2,1-2H3,(H,21,22). The van der Waals surface area contributed by atoms with Crippen LogP contribution in [0.5, 0.6) is 11.5 Å². The van der Waals surface area contributed by atoms with Crippen LogP contribution in [0.2, 0.25) is 0 Å². The van der Waals surface area contributed by atoms with Gasteiger partial charge in [-0.3, -0.25) is 4.79 Å². The number of ether oxygens (including phenoxy) is 4. The van der Waals surface area contributed by atoms with Gasteiger partial charge >= 0.3 is 0 Å². The molecule has 1 N–H and O–H groups in total. The molecule has 0 saturated carbocycles. The van der Waals surface area contributed by atoms with Gasteiger partial charge in [0, 0.05) is 31.5 Å². The molecule has 0 aliphatic carbocycles. The highest BCUT2D eigenvalue weighted by Crippen LogP contribution is 2.26. The molecular weight excluding hydrogens is 402 g/mol. The molecule has 0 saturated heterocycles. The lowest BCUT2D eigenvalue weighted by molar-refractivity contribution is 0.102. The maximum Gasteiger partial charge on any atom is 0.255 e. The van der Waals surface area contributed by atoms with Gasteiger partial charge in [0.2, 0.25) is 0 Å². The quantitative estimate of drug-likeness (QED) is 0.589. The summed E-state index contributed by atoms with van der Waals surface area (Å²) < 4.78 is 21.7. The van der Waals surface area contributed by atoms with Crippen molar-refractivity contribution in [1.82, 2.24) is 0 Å². The number of carbonyl (C=O) groups is 1. The van der Waals surface area contributed by atoms with Crippen molar-refractivity contribution in [2.45, 2.75) is 0 Å². The third-order valence-corrected chi connectivity index (χ3v) is 4.01. The van der Waals surface area contributed by atoms with E-state index in [1.54, 1.807) is 44.6 Å². The maximum absolute atomic E-state index is 12.5. The summed E-state index contributed by atoms with van der Waals surface area (Å²) >= 11 is 3.42. The van der Waals surface area contributed by atoms with E-state index in [0.29, 0.717) is 53.7 Å². The van der Waals surface area contributed by atoms with E-state index < -0.39 is 0 Å². The molecule has 0 aromatic heterocycles. The second-order valence-corrected chi connectivity index (χ2v) is 6.16. The zero-order chi connectivity index (χ0) is 18.8. The zero-order valence-corrected chi connectivity index (χ0v) is 16.4. The average molecular weight is 424 g/mol. The molecule has 0 aliphatic heterocycles. The summed E-state index contributed by atoms with van der Waals surface area (Å²) in [6.07, 6.45) is 0. The normalized spacial score (nSPS) is 10.4. The fourth-order valence-electron chi connectivity index (χ4n) is 2.10. The van der Waals surface area contributed by atoms with Gasteiger partial charge in [-0.25, -0.2) is 0 Å². The second kappa shape index (κ2) is 10.8. The molecular formula is C19H22BrNO5. The molecule has 6 nitrogen and oxygen atoms in total. The molecule has 0 unspecified atom stereocenters. The largest absolute Gasteiger partial charge is 0.491 e.